The molecule has 2 aromatic carbocycles. The molecule has 0 bridgehead atoms. The molecule has 0 aliphatic heterocycles. The van der Waals surface area contributed by atoms with Crippen LogP contribution in [0.15, 0.2) is 42.5 Å². The zero-order chi connectivity index (χ0) is 13.8. The zero-order valence-corrected chi connectivity index (χ0v) is 13.1. The van der Waals surface area contributed by atoms with Crippen molar-refractivity contribution in [2.24, 2.45) is 0 Å². The van der Waals surface area contributed by atoms with Gasteiger partial charge in [-0.3, -0.25) is 0 Å². The normalized spacial score (nSPS) is 10.3. The first-order valence-corrected chi connectivity index (χ1v) is 7.25. The van der Waals surface area contributed by atoms with Gasteiger partial charge < -0.3 is 4.74 Å². The van der Waals surface area contributed by atoms with Crippen LogP contribution in [0, 0.1) is 10.5 Å². The van der Waals surface area contributed by atoms with Crippen molar-refractivity contribution in [3.05, 3.63) is 62.7 Å². The summed E-state index contributed by atoms with van der Waals surface area (Å²) >= 11 is 2.22. The van der Waals surface area contributed by atoms with E-state index in [4.69, 9.17) is 4.74 Å². The van der Waals surface area contributed by atoms with E-state index in [0.717, 1.165) is 15.6 Å². The zero-order valence-electron chi connectivity index (χ0n) is 10.9. The van der Waals surface area contributed by atoms with E-state index in [1.807, 2.05) is 43.3 Å². The highest BCUT2D eigenvalue weighted by Crippen LogP contribution is 2.17. The fourth-order valence-electron chi connectivity index (χ4n) is 1.68. The number of carbonyl (C=O) groups is 1. The van der Waals surface area contributed by atoms with E-state index in [-0.39, 0.29) is 5.97 Å². The topological polar surface area (TPSA) is 26.3 Å². The lowest BCUT2D eigenvalue weighted by molar-refractivity contribution is 0.0734. The molecule has 0 unspecified atom stereocenters. The summed E-state index contributed by atoms with van der Waals surface area (Å²) in [6, 6.07) is 13.2. The van der Waals surface area contributed by atoms with E-state index in [1.165, 1.54) is 5.56 Å². The number of ether oxygens (including phenoxy) is 1. The van der Waals surface area contributed by atoms with Crippen LogP contribution in [0.3, 0.4) is 0 Å². The molecule has 0 aromatic heterocycles. The number of rotatable bonds is 3. The minimum Gasteiger partial charge on any atom is -0.423 e. The standard InChI is InChI=1S/C16H15IO2/c1-3-12-5-8-14(9-6-12)19-16(18)13-7-4-11(2)15(17)10-13/h4-10H,3H2,1-2H3. The number of esters is 1. The fourth-order valence-corrected chi connectivity index (χ4v) is 2.19. The third kappa shape index (κ3) is 3.56. The Morgan fingerprint density at radius 3 is 2.42 bits per heavy atom. The maximum absolute atomic E-state index is 12.0. The molecule has 0 fully saturated rings. The van der Waals surface area contributed by atoms with Gasteiger partial charge in [0.2, 0.25) is 0 Å². The predicted octanol–water partition coefficient (Wildman–Crippen LogP) is 4.38. The summed E-state index contributed by atoms with van der Waals surface area (Å²) in [6.45, 7) is 4.11. The highest BCUT2D eigenvalue weighted by atomic mass is 127. The molecule has 0 aliphatic rings. The molecule has 0 atom stereocenters. The molecule has 0 heterocycles. The quantitative estimate of drug-likeness (QED) is 0.458. The Morgan fingerprint density at radius 1 is 1.16 bits per heavy atom. The molecular formula is C16H15IO2. The molecule has 0 radical (unpaired) electrons. The monoisotopic (exact) mass is 366 g/mol. The Hall–Kier alpha value is -1.36. The SMILES string of the molecule is CCc1ccc(OC(=O)c2ccc(C)c(I)c2)cc1. The molecule has 0 N–H and O–H groups in total. The van der Waals surface area contributed by atoms with Crippen molar-refractivity contribution in [1.29, 1.82) is 0 Å². The first-order chi connectivity index (χ1) is 9.10. The molecule has 0 spiro atoms. The molecule has 2 nitrogen and oxygen atoms in total. The van der Waals surface area contributed by atoms with Crippen molar-refractivity contribution in [2.45, 2.75) is 20.3 Å². The molecule has 0 aliphatic carbocycles. The molecule has 19 heavy (non-hydrogen) atoms. The van der Waals surface area contributed by atoms with Gasteiger partial charge in [0.05, 0.1) is 5.56 Å². The van der Waals surface area contributed by atoms with E-state index in [0.29, 0.717) is 11.3 Å². The molecule has 2 rings (SSSR count). The average Bonchev–Trinajstić information content (AvgIpc) is 2.42. The second-order valence-electron chi connectivity index (χ2n) is 4.35. The second kappa shape index (κ2) is 6.19. The summed E-state index contributed by atoms with van der Waals surface area (Å²) in [5, 5.41) is 0. The number of hydrogen-bond donors (Lipinski definition) is 0. The van der Waals surface area contributed by atoms with E-state index in [9.17, 15) is 4.79 Å². The molecule has 98 valence electrons. The van der Waals surface area contributed by atoms with Crippen LogP contribution in [-0.4, -0.2) is 5.97 Å². The largest absolute Gasteiger partial charge is 0.423 e. The van der Waals surface area contributed by atoms with Crippen molar-refractivity contribution in [1.82, 2.24) is 0 Å². The minimum atomic E-state index is -0.317. The van der Waals surface area contributed by atoms with Gasteiger partial charge in [-0.25, -0.2) is 4.79 Å². The first-order valence-electron chi connectivity index (χ1n) is 6.17. The number of aryl methyl sites for hydroxylation is 2. The molecule has 0 saturated carbocycles. The Balaban J connectivity index is 2.13. The van der Waals surface area contributed by atoms with Gasteiger partial charge in [0.25, 0.3) is 0 Å². The van der Waals surface area contributed by atoms with E-state index >= 15 is 0 Å². The highest BCUT2D eigenvalue weighted by Gasteiger charge is 2.09. The van der Waals surface area contributed by atoms with Crippen LogP contribution >= 0.6 is 22.6 Å². The Morgan fingerprint density at radius 2 is 1.84 bits per heavy atom. The third-order valence-corrected chi connectivity index (χ3v) is 4.11. The lowest BCUT2D eigenvalue weighted by atomic mass is 10.1. The van der Waals surface area contributed by atoms with Gasteiger partial charge in [-0.15, -0.1) is 0 Å². The summed E-state index contributed by atoms with van der Waals surface area (Å²) in [5.74, 6) is 0.264. The lowest BCUT2D eigenvalue weighted by Crippen LogP contribution is -2.08. The van der Waals surface area contributed by atoms with Gasteiger partial charge in [0.1, 0.15) is 5.75 Å². The molecular weight excluding hydrogens is 351 g/mol. The second-order valence-corrected chi connectivity index (χ2v) is 5.51. The van der Waals surface area contributed by atoms with Crippen LogP contribution in [0.4, 0.5) is 0 Å². The number of hydrogen-bond acceptors (Lipinski definition) is 2. The van der Waals surface area contributed by atoms with Crippen molar-refractivity contribution < 1.29 is 9.53 Å². The number of carbonyl (C=O) groups excluding carboxylic acids is 1. The summed E-state index contributed by atoms with van der Waals surface area (Å²) in [5.41, 5.74) is 2.96. The molecule has 0 amide bonds. The summed E-state index contributed by atoms with van der Waals surface area (Å²) in [4.78, 5) is 12.0. The van der Waals surface area contributed by atoms with E-state index < -0.39 is 0 Å². The Kier molecular flexibility index (Phi) is 4.58. The molecule has 3 heteroatoms. The predicted molar refractivity (Wildman–Crippen MR) is 84.7 cm³/mol. The smallest absolute Gasteiger partial charge is 0.343 e. The van der Waals surface area contributed by atoms with E-state index in [2.05, 4.69) is 29.5 Å². The summed E-state index contributed by atoms with van der Waals surface area (Å²) in [6.07, 6.45) is 0.977. The van der Waals surface area contributed by atoms with Crippen LogP contribution in [0.1, 0.15) is 28.4 Å². The van der Waals surface area contributed by atoms with Crippen molar-refractivity contribution in [2.75, 3.05) is 0 Å². The molecule has 0 saturated heterocycles. The van der Waals surface area contributed by atoms with Crippen molar-refractivity contribution in [3.8, 4) is 5.75 Å². The number of benzene rings is 2. The highest BCUT2D eigenvalue weighted by molar-refractivity contribution is 14.1. The summed E-state index contributed by atoms with van der Waals surface area (Å²) in [7, 11) is 0. The maximum Gasteiger partial charge on any atom is 0.343 e. The Labute approximate surface area is 126 Å². The van der Waals surface area contributed by atoms with Crippen LogP contribution < -0.4 is 4.74 Å². The first kappa shape index (κ1) is 14.1. The maximum atomic E-state index is 12.0. The van der Waals surface area contributed by atoms with E-state index in [1.54, 1.807) is 6.07 Å². The Bertz CT molecular complexity index is 588. The van der Waals surface area contributed by atoms with Crippen LogP contribution in [0.2, 0.25) is 0 Å². The van der Waals surface area contributed by atoms with Crippen LogP contribution in [0.5, 0.6) is 5.75 Å². The van der Waals surface area contributed by atoms with Crippen LogP contribution in [-0.2, 0) is 6.42 Å². The van der Waals surface area contributed by atoms with Gasteiger partial charge in [-0.2, -0.15) is 0 Å². The summed E-state index contributed by atoms with van der Waals surface area (Å²) < 4.78 is 6.42. The minimum absolute atomic E-state index is 0.317. The van der Waals surface area contributed by atoms with Gasteiger partial charge in [-0.1, -0.05) is 25.1 Å². The van der Waals surface area contributed by atoms with Crippen molar-refractivity contribution in [3.63, 3.8) is 0 Å². The fraction of sp³-hybridized carbons (Fsp3) is 0.188. The van der Waals surface area contributed by atoms with Gasteiger partial charge in [-0.05, 0) is 71.3 Å². The lowest BCUT2D eigenvalue weighted by Gasteiger charge is -2.06. The van der Waals surface area contributed by atoms with Gasteiger partial charge in [0.15, 0.2) is 0 Å². The van der Waals surface area contributed by atoms with Gasteiger partial charge in [0, 0.05) is 3.57 Å². The van der Waals surface area contributed by atoms with Crippen LogP contribution in [0.25, 0.3) is 0 Å². The molecule has 2 aromatic rings. The van der Waals surface area contributed by atoms with Crippen molar-refractivity contribution >= 4 is 28.6 Å². The van der Waals surface area contributed by atoms with Gasteiger partial charge >= 0.3 is 5.97 Å². The number of halogens is 1. The third-order valence-electron chi connectivity index (χ3n) is 2.95. The average molecular weight is 366 g/mol.